The van der Waals surface area contributed by atoms with E-state index in [0.717, 1.165) is 143 Å². The Labute approximate surface area is 643 Å². The number of nitrogens with zero attached hydrogens (tertiary/aromatic N) is 4. The molecular weight excluding hydrogens is 1300 g/mol. The lowest BCUT2D eigenvalue weighted by molar-refractivity contribution is 0.304. The minimum atomic E-state index is 0.746. The Hall–Kier alpha value is -8.10. The van der Waals surface area contributed by atoms with Crippen LogP contribution in [0.5, 0.6) is 23.0 Å². The lowest BCUT2D eigenvalue weighted by Crippen LogP contribution is -2.10. The summed E-state index contributed by atoms with van der Waals surface area (Å²) in [5.74, 6) is 3.64. The molecule has 8 nitrogen and oxygen atoms in total. The highest BCUT2D eigenvalue weighted by Crippen LogP contribution is 2.39. The molecule has 2 heterocycles. The van der Waals surface area contributed by atoms with Gasteiger partial charge in [0.25, 0.3) is 0 Å². The van der Waals surface area contributed by atoms with Gasteiger partial charge in [-0.25, -0.2) is 0 Å². The Bertz CT molecular complexity index is 3190. The van der Waals surface area contributed by atoms with Gasteiger partial charge in [0.2, 0.25) is 0 Å². The van der Waals surface area contributed by atoms with Crippen molar-refractivity contribution in [2.24, 2.45) is 0 Å². The molecule has 6 aromatic carbocycles. The minimum absolute atomic E-state index is 0.746. The lowest BCUT2D eigenvalue weighted by atomic mass is 10.1. The van der Waals surface area contributed by atoms with Crippen molar-refractivity contribution in [2.45, 2.75) is 285 Å². The van der Waals surface area contributed by atoms with Crippen molar-refractivity contribution in [3.8, 4) is 34.4 Å². The molecule has 8 heteroatoms. The molecule has 0 fully saturated rings. The molecule has 0 spiro atoms. The molecule has 8 aromatic rings. The van der Waals surface area contributed by atoms with Crippen molar-refractivity contribution in [3.63, 3.8) is 0 Å². The standard InChI is InChI=1S/C98H134N4O4/c1-5-9-13-17-21-25-29-33-37-41-77-103-93-65-57-89(58-66-93)101(90-59-67-94(68-60-90)104-78-42-38-34-30-26-22-18-14-10-6-2)87-53-49-83(50-54-87)45-47-85-73-75-99-97(81-85)98-82-86(74-76-100-98)48-46-84-51-55-88(56-52-84)102(91-61-69-95(70-62-91)105-79-43-39-35-31-27-23-19-15-11-7-3)92-63-71-96(72-64-92)106-80-44-40-36-32-28-24-20-16-12-8-4/h45-76,81-82H,5-44,77-80H2,1-4H3/b47-45+,48-46+. The van der Waals surface area contributed by atoms with Crippen molar-refractivity contribution in [3.05, 3.63) is 205 Å². The number of ether oxygens (including phenoxy) is 4. The summed E-state index contributed by atoms with van der Waals surface area (Å²) in [4.78, 5) is 14.2. The van der Waals surface area contributed by atoms with Gasteiger partial charge in [0.1, 0.15) is 23.0 Å². The average Bonchev–Trinajstić information content (AvgIpc) is 0.813. The molecule has 8 rings (SSSR count). The second kappa shape index (κ2) is 52.8. The summed E-state index contributed by atoms with van der Waals surface area (Å²) in [6.45, 7) is 12.1. The average molecular weight is 1430 g/mol. The number of aromatic nitrogens is 2. The highest BCUT2D eigenvalue weighted by molar-refractivity contribution is 5.81. The monoisotopic (exact) mass is 1430 g/mol. The maximum atomic E-state index is 6.29. The Kier molecular flexibility index (Phi) is 41.6. The van der Waals surface area contributed by atoms with Gasteiger partial charge in [0.15, 0.2) is 0 Å². The van der Waals surface area contributed by atoms with Crippen molar-refractivity contribution >= 4 is 58.4 Å². The summed E-state index contributed by atoms with van der Waals surface area (Å²) in [6, 6.07) is 60.3. The van der Waals surface area contributed by atoms with Crippen LogP contribution in [0, 0.1) is 0 Å². The van der Waals surface area contributed by atoms with Gasteiger partial charge in [-0.3, -0.25) is 9.97 Å². The van der Waals surface area contributed by atoms with Gasteiger partial charge < -0.3 is 28.7 Å². The molecule has 0 aliphatic rings. The fourth-order valence-electron chi connectivity index (χ4n) is 14.0. The van der Waals surface area contributed by atoms with E-state index in [1.54, 1.807) is 0 Å². The van der Waals surface area contributed by atoms with Gasteiger partial charge in [-0.15, -0.1) is 0 Å². The lowest BCUT2D eigenvalue weighted by Gasteiger charge is -2.26. The van der Waals surface area contributed by atoms with Crippen molar-refractivity contribution in [1.82, 2.24) is 9.97 Å². The van der Waals surface area contributed by atoms with Crippen LogP contribution in [0.2, 0.25) is 0 Å². The second-order valence-electron chi connectivity index (χ2n) is 29.6. The summed E-state index contributed by atoms with van der Waals surface area (Å²) in [5.41, 5.74) is 12.3. The fourth-order valence-corrected chi connectivity index (χ4v) is 14.0. The summed E-state index contributed by atoms with van der Waals surface area (Å²) in [5, 5.41) is 0. The summed E-state index contributed by atoms with van der Waals surface area (Å²) in [7, 11) is 0. The van der Waals surface area contributed by atoms with Gasteiger partial charge >= 0.3 is 0 Å². The number of hydrogen-bond acceptors (Lipinski definition) is 8. The van der Waals surface area contributed by atoms with Crippen molar-refractivity contribution < 1.29 is 18.9 Å². The molecule has 0 saturated heterocycles. The Morgan fingerprint density at radius 3 is 0.623 bits per heavy atom. The van der Waals surface area contributed by atoms with Crippen LogP contribution >= 0.6 is 0 Å². The molecule has 106 heavy (non-hydrogen) atoms. The maximum Gasteiger partial charge on any atom is 0.119 e. The molecule has 0 atom stereocenters. The molecule has 0 aliphatic carbocycles. The summed E-state index contributed by atoms with van der Waals surface area (Å²) < 4.78 is 25.1. The Morgan fingerprint density at radius 1 is 0.217 bits per heavy atom. The van der Waals surface area contributed by atoms with Gasteiger partial charge in [-0.2, -0.15) is 0 Å². The molecular formula is C98H134N4O4. The third kappa shape index (κ3) is 33.0. The topological polar surface area (TPSA) is 69.2 Å². The van der Waals surface area contributed by atoms with E-state index in [2.05, 4.69) is 220 Å². The third-order valence-electron chi connectivity index (χ3n) is 20.5. The predicted molar refractivity (Wildman–Crippen MR) is 457 cm³/mol. The number of pyridine rings is 2. The van der Waals surface area contributed by atoms with Gasteiger partial charge in [-0.05, 0) is 194 Å². The van der Waals surface area contributed by atoms with Crippen LogP contribution in [-0.4, -0.2) is 36.4 Å². The van der Waals surface area contributed by atoms with E-state index < -0.39 is 0 Å². The largest absolute Gasteiger partial charge is 0.494 e. The zero-order valence-electron chi connectivity index (χ0n) is 66.2. The number of hydrogen-bond donors (Lipinski definition) is 0. The number of rotatable bonds is 59. The molecule has 0 saturated carbocycles. The highest BCUT2D eigenvalue weighted by Gasteiger charge is 2.16. The molecule has 2 aromatic heterocycles. The maximum absolute atomic E-state index is 6.29. The van der Waals surface area contributed by atoms with Crippen LogP contribution in [-0.2, 0) is 0 Å². The molecule has 0 unspecified atom stereocenters. The van der Waals surface area contributed by atoms with Crippen LogP contribution in [0.25, 0.3) is 35.7 Å². The van der Waals surface area contributed by atoms with Gasteiger partial charge in [0.05, 0.1) is 37.8 Å². The first kappa shape index (κ1) is 83.5. The van der Waals surface area contributed by atoms with Crippen LogP contribution in [0.1, 0.15) is 307 Å². The van der Waals surface area contributed by atoms with Crippen molar-refractivity contribution in [2.75, 3.05) is 36.2 Å². The second-order valence-corrected chi connectivity index (χ2v) is 29.6. The Balaban J connectivity index is 0.876. The van der Waals surface area contributed by atoms with E-state index in [-0.39, 0.29) is 0 Å². The zero-order chi connectivity index (χ0) is 73.8. The van der Waals surface area contributed by atoms with Gasteiger partial charge in [0, 0.05) is 46.5 Å². The molecule has 0 radical (unpaired) electrons. The first-order chi connectivity index (χ1) is 52.5. The SMILES string of the molecule is CCCCCCCCCCCCOc1ccc(N(c2ccc(/C=C/c3ccnc(-c4cc(/C=C/c5ccc(N(c6ccc(OCCCCCCCCCCCC)cc6)c6ccc(OCCCCCCCCCCCC)cc6)cc5)ccn4)c3)cc2)c2ccc(OCCCCCCCCCCCC)cc2)cc1. The van der Waals surface area contributed by atoms with E-state index in [9.17, 15) is 0 Å². The Morgan fingerprint density at radius 2 is 0.406 bits per heavy atom. The molecule has 570 valence electrons. The fraction of sp³-hybridized carbons (Fsp3) is 0.490. The smallest absolute Gasteiger partial charge is 0.119 e. The van der Waals surface area contributed by atoms with E-state index in [4.69, 9.17) is 28.9 Å². The molecule has 0 bridgehead atoms. The first-order valence-corrected chi connectivity index (χ1v) is 42.5. The number of anilines is 6. The van der Waals surface area contributed by atoms with Crippen LogP contribution < -0.4 is 28.7 Å². The highest BCUT2D eigenvalue weighted by atomic mass is 16.5. The van der Waals surface area contributed by atoms with Crippen LogP contribution in [0.4, 0.5) is 34.1 Å². The van der Waals surface area contributed by atoms with Crippen molar-refractivity contribution in [1.29, 1.82) is 0 Å². The van der Waals surface area contributed by atoms with Crippen LogP contribution in [0.15, 0.2) is 182 Å². The third-order valence-corrected chi connectivity index (χ3v) is 20.5. The van der Waals surface area contributed by atoms with E-state index in [0.29, 0.717) is 0 Å². The van der Waals surface area contributed by atoms with Crippen LogP contribution in [0.3, 0.4) is 0 Å². The predicted octanol–water partition coefficient (Wildman–Crippen LogP) is 30.6. The first-order valence-electron chi connectivity index (χ1n) is 42.5. The van der Waals surface area contributed by atoms with Gasteiger partial charge in [-0.1, -0.05) is 307 Å². The quantitative estimate of drug-likeness (QED) is 0.0349. The zero-order valence-corrected chi connectivity index (χ0v) is 66.2. The minimum Gasteiger partial charge on any atom is -0.494 e. The van der Waals surface area contributed by atoms with E-state index >= 15 is 0 Å². The van der Waals surface area contributed by atoms with E-state index in [1.165, 1.54) is 231 Å². The number of benzene rings is 6. The molecule has 0 aliphatic heterocycles. The molecule has 0 N–H and O–H groups in total. The summed E-state index contributed by atoms with van der Waals surface area (Å²) >= 11 is 0. The summed E-state index contributed by atoms with van der Waals surface area (Å²) in [6.07, 6.45) is 64.9. The van der Waals surface area contributed by atoms with E-state index in [1.807, 2.05) is 24.5 Å². The molecule has 0 amide bonds. The normalized spacial score (nSPS) is 11.5. The number of unbranched alkanes of at least 4 members (excludes halogenated alkanes) is 36.